The quantitative estimate of drug-likeness (QED) is 0.729. The van der Waals surface area contributed by atoms with Gasteiger partial charge >= 0.3 is 5.97 Å². The van der Waals surface area contributed by atoms with E-state index in [0.717, 1.165) is 6.07 Å². The van der Waals surface area contributed by atoms with Crippen LogP contribution in [0.25, 0.3) is 10.9 Å². The van der Waals surface area contributed by atoms with Crippen molar-refractivity contribution in [1.82, 2.24) is 9.78 Å². The molecule has 0 spiro atoms. The molecular formula is C17H17N3O4S. The van der Waals surface area contributed by atoms with Crippen molar-refractivity contribution >= 4 is 32.6 Å². The third kappa shape index (κ3) is 3.20. The zero-order chi connectivity index (χ0) is 18.2. The van der Waals surface area contributed by atoms with Gasteiger partial charge in [0, 0.05) is 17.1 Å². The molecule has 0 aliphatic carbocycles. The Morgan fingerprint density at radius 3 is 2.48 bits per heavy atom. The number of benzene rings is 2. The fourth-order valence-electron chi connectivity index (χ4n) is 2.58. The lowest BCUT2D eigenvalue weighted by molar-refractivity contribution is 0.0699. The van der Waals surface area contributed by atoms with Gasteiger partial charge < -0.3 is 5.11 Å². The summed E-state index contributed by atoms with van der Waals surface area (Å²) in [6.07, 6.45) is 1.44. The van der Waals surface area contributed by atoms with Crippen molar-refractivity contribution in [3.8, 4) is 0 Å². The van der Waals surface area contributed by atoms with Crippen LogP contribution in [-0.4, -0.2) is 29.3 Å². The van der Waals surface area contributed by atoms with Crippen molar-refractivity contribution in [3.05, 3.63) is 54.2 Å². The topological polar surface area (TPSA) is 101 Å². The Hall–Kier alpha value is -2.87. The highest BCUT2D eigenvalue weighted by Gasteiger charge is 2.22. The summed E-state index contributed by atoms with van der Waals surface area (Å²) in [6.45, 7) is 3.77. The molecule has 3 rings (SSSR count). The van der Waals surface area contributed by atoms with E-state index >= 15 is 0 Å². The normalized spacial score (nSPS) is 11.8. The third-order valence-corrected chi connectivity index (χ3v) is 5.11. The molecule has 25 heavy (non-hydrogen) atoms. The first kappa shape index (κ1) is 17.0. The summed E-state index contributed by atoms with van der Waals surface area (Å²) < 4.78 is 29.4. The van der Waals surface area contributed by atoms with Gasteiger partial charge in [0.15, 0.2) is 0 Å². The average Bonchev–Trinajstić information content (AvgIpc) is 2.98. The first-order valence-electron chi connectivity index (χ1n) is 7.62. The van der Waals surface area contributed by atoms with Crippen LogP contribution in [-0.2, 0) is 10.0 Å². The average molecular weight is 359 g/mol. The number of aromatic carboxylic acids is 1. The van der Waals surface area contributed by atoms with Gasteiger partial charge in [-0.1, -0.05) is 18.2 Å². The largest absolute Gasteiger partial charge is 0.478 e. The Bertz CT molecular complexity index is 1040. The number of aromatic nitrogens is 2. The molecule has 0 radical (unpaired) electrons. The molecule has 0 aliphatic rings. The lowest BCUT2D eigenvalue weighted by Crippen LogP contribution is -2.14. The summed E-state index contributed by atoms with van der Waals surface area (Å²) in [6, 6.07) is 11.0. The van der Waals surface area contributed by atoms with Crippen LogP contribution in [0.4, 0.5) is 5.69 Å². The van der Waals surface area contributed by atoms with E-state index in [0.29, 0.717) is 16.6 Å². The number of nitrogens with one attached hydrogen (secondary N) is 1. The molecule has 0 aliphatic heterocycles. The SMILES string of the molecule is CC(C)n1ncc2c(C(=O)O)cc(S(=O)(=O)Nc3ccccc3)cc21. The lowest BCUT2D eigenvalue weighted by Gasteiger charge is -2.12. The zero-order valence-electron chi connectivity index (χ0n) is 13.7. The number of fused-ring (bicyclic) bond motifs is 1. The van der Waals surface area contributed by atoms with Gasteiger partial charge in [0.05, 0.1) is 22.2 Å². The fourth-order valence-corrected chi connectivity index (χ4v) is 3.69. The predicted molar refractivity (Wildman–Crippen MR) is 94.3 cm³/mol. The molecule has 0 bridgehead atoms. The van der Waals surface area contributed by atoms with Crippen LogP contribution in [0, 0.1) is 0 Å². The van der Waals surface area contributed by atoms with Gasteiger partial charge in [-0.05, 0) is 38.1 Å². The molecule has 2 N–H and O–H groups in total. The number of carbonyl (C=O) groups is 1. The van der Waals surface area contributed by atoms with E-state index in [4.69, 9.17) is 0 Å². The number of hydrogen-bond acceptors (Lipinski definition) is 4. The number of hydrogen-bond donors (Lipinski definition) is 2. The van der Waals surface area contributed by atoms with Crippen LogP contribution in [0.5, 0.6) is 0 Å². The predicted octanol–water partition coefficient (Wildman–Crippen LogP) is 3.12. The van der Waals surface area contributed by atoms with Gasteiger partial charge in [0.25, 0.3) is 10.0 Å². The second kappa shape index (κ2) is 6.21. The molecule has 0 saturated carbocycles. The summed E-state index contributed by atoms with van der Waals surface area (Å²) >= 11 is 0. The molecule has 0 saturated heterocycles. The Morgan fingerprint density at radius 1 is 1.20 bits per heavy atom. The summed E-state index contributed by atoms with van der Waals surface area (Å²) in [7, 11) is -3.94. The second-order valence-corrected chi connectivity index (χ2v) is 7.55. The van der Waals surface area contributed by atoms with E-state index in [1.807, 2.05) is 13.8 Å². The molecule has 0 atom stereocenters. The summed E-state index contributed by atoms with van der Waals surface area (Å²) in [5, 5.41) is 14.0. The molecule has 0 amide bonds. The van der Waals surface area contributed by atoms with Gasteiger partial charge in [-0.3, -0.25) is 9.40 Å². The first-order chi connectivity index (χ1) is 11.8. The van der Waals surface area contributed by atoms with Gasteiger partial charge in [0.2, 0.25) is 0 Å². The number of carboxylic acid groups (broad SMARTS) is 1. The van der Waals surface area contributed by atoms with Crippen LogP contribution in [0.15, 0.2) is 53.6 Å². The van der Waals surface area contributed by atoms with Crippen molar-refractivity contribution in [2.75, 3.05) is 4.72 Å². The smallest absolute Gasteiger partial charge is 0.336 e. The monoisotopic (exact) mass is 359 g/mol. The van der Waals surface area contributed by atoms with Crippen LogP contribution in [0.2, 0.25) is 0 Å². The Balaban J connectivity index is 2.18. The Kier molecular flexibility index (Phi) is 4.22. The van der Waals surface area contributed by atoms with E-state index in [9.17, 15) is 18.3 Å². The van der Waals surface area contributed by atoms with Crippen LogP contribution in [0.3, 0.4) is 0 Å². The van der Waals surface area contributed by atoms with E-state index in [1.54, 1.807) is 35.0 Å². The van der Waals surface area contributed by atoms with Crippen molar-refractivity contribution in [2.45, 2.75) is 24.8 Å². The molecule has 3 aromatic rings. The van der Waals surface area contributed by atoms with Gasteiger partial charge in [-0.2, -0.15) is 5.10 Å². The molecule has 8 heteroatoms. The van der Waals surface area contributed by atoms with Gasteiger partial charge in [0.1, 0.15) is 0 Å². The Morgan fingerprint density at radius 2 is 1.88 bits per heavy atom. The molecule has 7 nitrogen and oxygen atoms in total. The molecule has 0 unspecified atom stereocenters. The van der Waals surface area contributed by atoms with Crippen LogP contribution in [0.1, 0.15) is 30.2 Å². The highest BCUT2D eigenvalue weighted by atomic mass is 32.2. The van der Waals surface area contributed by atoms with E-state index in [-0.39, 0.29) is 16.5 Å². The van der Waals surface area contributed by atoms with Crippen LogP contribution >= 0.6 is 0 Å². The maximum absolute atomic E-state index is 12.7. The van der Waals surface area contributed by atoms with E-state index in [1.165, 1.54) is 12.3 Å². The molecular weight excluding hydrogens is 342 g/mol. The van der Waals surface area contributed by atoms with Crippen molar-refractivity contribution in [3.63, 3.8) is 0 Å². The fraction of sp³-hybridized carbons (Fsp3) is 0.176. The molecule has 130 valence electrons. The minimum absolute atomic E-state index is 0.0424. The molecule has 0 fully saturated rings. The van der Waals surface area contributed by atoms with Gasteiger partial charge in [-0.15, -0.1) is 0 Å². The molecule has 1 aromatic heterocycles. The van der Waals surface area contributed by atoms with E-state index in [2.05, 4.69) is 9.82 Å². The lowest BCUT2D eigenvalue weighted by atomic mass is 10.1. The summed E-state index contributed by atoms with van der Waals surface area (Å²) in [5.74, 6) is -1.20. The number of sulfonamides is 1. The second-order valence-electron chi connectivity index (χ2n) is 5.86. The van der Waals surface area contributed by atoms with Crippen LogP contribution < -0.4 is 4.72 Å². The highest BCUT2D eigenvalue weighted by molar-refractivity contribution is 7.92. The maximum atomic E-state index is 12.7. The number of carboxylic acids is 1. The standard InChI is InChI=1S/C17H17N3O4S/c1-11(2)20-16-9-13(8-14(17(21)22)15(16)10-18-20)25(23,24)19-12-6-4-3-5-7-12/h3-11,19H,1-2H3,(H,21,22). The zero-order valence-corrected chi connectivity index (χ0v) is 14.5. The van der Waals surface area contributed by atoms with Gasteiger partial charge in [-0.25, -0.2) is 13.2 Å². The maximum Gasteiger partial charge on any atom is 0.336 e. The number of nitrogens with zero attached hydrogens (tertiary/aromatic N) is 2. The number of anilines is 1. The highest BCUT2D eigenvalue weighted by Crippen LogP contribution is 2.27. The van der Waals surface area contributed by atoms with E-state index < -0.39 is 16.0 Å². The first-order valence-corrected chi connectivity index (χ1v) is 9.10. The number of rotatable bonds is 5. The summed E-state index contributed by atoms with van der Waals surface area (Å²) in [4.78, 5) is 11.5. The van der Waals surface area contributed by atoms with Crippen molar-refractivity contribution < 1.29 is 18.3 Å². The third-order valence-electron chi connectivity index (χ3n) is 3.75. The number of para-hydroxylation sites is 1. The molecule has 1 heterocycles. The van der Waals surface area contributed by atoms with Crippen molar-refractivity contribution in [1.29, 1.82) is 0 Å². The minimum atomic E-state index is -3.94. The van der Waals surface area contributed by atoms with Crippen molar-refractivity contribution in [2.24, 2.45) is 0 Å². The molecule has 2 aromatic carbocycles. The Labute approximate surface area is 145 Å². The summed E-state index contributed by atoms with van der Waals surface area (Å²) in [5.41, 5.74) is 0.762. The minimum Gasteiger partial charge on any atom is -0.478 e.